The van der Waals surface area contributed by atoms with Crippen molar-refractivity contribution in [1.29, 1.82) is 0 Å². The molecule has 1 aromatic rings. The molecule has 0 radical (unpaired) electrons. The van der Waals surface area contributed by atoms with Crippen LogP contribution in [0.1, 0.15) is 49.7 Å². The first-order valence-electron chi connectivity index (χ1n) is 10.7. The Hall–Kier alpha value is -0.860. The van der Waals surface area contributed by atoms with Crippen LogP contribution < -0.4 is 10.6 Å². The van der Waals surface area contributed by atoms with E-state index in [0.29, 0.717) is 0 Å². The molecule has 0 unspecified atom stereocenters. The molecule has 0 spiro atoms. The summed E-state index contributed by atoms with van der Waals surface area (Å²) in [6.45, 7) is 6.61. The molecule has 0 aromatic heterocycles. The Morgan fingerprint density at radius 2 is 1.75 bits per heavy atom. The molecule has 1 aliphatic heterocycles. The van der Waals surface area contributed by atoms with Crippen LogP contribution in [-0.4, -0.2) is 50.8 Å². The van der Waals surface area contributed by atoms with E-state index < -0.39 is 0 Å². The maximum absolute atomic E-state index is 5.42. The van der Waals surface area contributed by atoms with Crippen molar-refractivity contribution in [2.24, 2.45) is 10.9 Å². The predicted molar refractivity (Wildman–Crippen MR) is 127 cm³/mol. The van der Waals surface area contributed by atoms with Crippen molar-refractivity contribution in [3.8, 4) is 0 Å². The lowest BCUT2D eigenvalue weighted by Gasteiger charge is -2.26. The van der Waals surface area contributed by atoms with Gasteiger partial charge in [-0.05, 0) is 29.9 Å². The number of nitrogens with zero attached hydrogens (tertiary/aromatic N) is 2. The molecule has 1 saturated heterocycles. The topological polar surface area (TPSA) is 48.9 Å². The van der Waals surface area contributed by atoms with Crippen molar-refractivity contribution in [3.05, 3.63) is 35.4 Å². The third kappa shape index (κ3) is 8.25. The fourth-order valence-corrected chi connectivity index (χ4v) is 4.08. The molecule has 28 heavy (non-hydrogen) atoms. The van der Waals surface area contributed by atoms with Crippen molar-refractivity contribution < 1.29 is 4.74 Å². The Balaban J connectivity index is 0.00000280. The van der Waals surface area contributed by atoms with Gasteiger partial charge < -0.3 is 15.4 Å². The largest absolute Gasteiger partial charge is 0.379 e. The van der Waals surface area contributed by atoms with E-state index in [-0.39, 0.29) is 24.0 Å². The summed E-state index contributed by atoms with van der Waals surface area (Å²) in [6, 6.07) is 8.92. The molecule has 5 nitrogen and oxygen atoms in total. The zero-order valence-corrected chi connectivity index (χ0v) is 19.6. The molecule has 1 aromatic carbocycles. The van der Waals surface area contributed by atoms with Gasteiger partial charge in [0.1, 0.15) is 0 Å². The van der Waals surface area contributed by atoms with Crippen LogP contribution in [0.5, 0.6) is 0 Å². The van der Waals surface area contributed by atoms with Crippen molar-refractivity contribution >= 4 is 29.9 Å². The predicted octanol–water partition coefficient (Wildman–Crippen LogP) is 3.77. The smallest absolute Gasteiger partial charge is 0.191 e. The van der Waals surface area contributed by atoms with E-state index in [1.807, 2.05) is 7.05 Å². The summed E-state index contributed by atoms with van der Waals surface area (Å²) < 4.78 is 5.42. The van der Waals surface area contributed by atoms with Crippen molar-refractivity contribution in [2.45, 2.75) is 51.6 Å². The van der Waals surface area contributed by atoms with E-state index in [1.165, 1.54) is 49.7 Å². The third-order valence-corrected chi connectivity index (χ3v) is 5.77. The average molecular weight is 500 g/mol. The molecule has 2 fully saturated rings. The molecule has 2 N–H and O–H groups in total. The molecular formula is C22H37IN4O. The summed E-state index contributed by atoms with van der Waals surface area (Å²) in [6.07, 6.45) is 8.35. The Bertz CT molecular complexity index is 566. The maximum Gasteiger partial charge on any atom is 0.191 e. The van der Waals surface area contributed by atoms with E-state index in [1.54, 1.807) is 0 Å². The summed E-state index contributed by atoms with van der Waals surface area (Å²) in [5.74, 6) is 1.87. The van der Waals surface area contributed by atoms with Gasteiger partial charge in [0.05, 0.1) is 13.2 Å². The van der Waals surface area contributed by atoms with Crippen molar-refractivity contribution in [1.82, 2.24) is 15.5 Å². The average Bonchev–Trinajstić information content (AvgIpc) is 3.23. The van der Waals surface area contributed by atoms with Crippen LogP contribution in [0.15, 0.2) is 29.3 Å². The number of hydrogen-bond acceptors (Lipinski definition) is 3. The number of nitrogens with one attached hydrogen (secondary N) is 2. The second-order valence-electron chi connectivity index (χ2n) is 7.85. The van der Waals surface area contributed by atoms with Gasteiger partial charge >= 0.3 is 0 Å². The van der Waals surface area contributed by atoms with Gasteiger partial charge in [-0.2, -0.15) is 0 Å². The van der Waals surface area contributed by atoms with Gasteiger partial charge in [0.15, 0.2) is 5.96 Å². The fourth-order valence-electron chi connectivity index (χ4n) is 4.08. The highest BCUT2D eigenvalue weighted by molar-refractivity contribution is 14.0. The van der Waals surface area contributed by atoms with Crippen LogP contribution in [-0.2, 0) is 17.8 Å². The molecule has 3 rings (SSSR count). The number of hydrogen-bond donors (Lipinski definition) is 2. The Labute approximate surface area is 187 Å². The minimum Gasteiger partial charge on any atom is -0.379 e. The summed E-state index contributed by atoms with van der Waals surface area (Å²) in [5, 5.41) is 6.88. The minimum absolute atomic E-state index is 0. The first-order valence-corrected chi connectivity index (χ1v) is 10.7. The molecule has 0 bridgehead atoms. The number of morpholine rings is 1. The summed E-state index contributed by atoms with van der Waals surface area (Å²) in [7, 11) is 1.84. The zero-order chi connectivity index (χ0) is 18.7. The lowest BCUT2D eigenvalue weighted by Crippen LogP contribution is -2.37. The van der Waals surface area contributed by atoms with Crippen LogP contribution in [0.3, 0.4) is 0 Å². The minimum atomic E-state index is 0. The van der Waals surface area contributed by atoms with Crippen LogP contribution in [0.2, 0.25) is 0 Å². The van der Waals surface area contributed by atoms with Gasteiger partial charge in [0.2, 0.25) is 0 Å². The highest BCUT2D eigenvalue weighted by atomic mass is 127. The molecule has 0 amide bonds. The van der Waals surface area contributed by atoms with Gasteiger partial charge in [-0.1, -0.05) is 49.9 Å². The molecule has 1 aliphatic carbocycles. The van der Waals surface area contributed by atoms with Gasteiger partial charge in [0.25, 0.3) is 0 Å². The van der Waals surface area contributed by atoms with Crippen molar-refractivity contribution in [3.63, 3.8) is 0 Å². The van der Waals surface area contributed by atoms with Gasteiger partial charge in [0, 0.05) is 39.8 Å². The van der Waals surface area contributed by atoms with E-state index in [4.69, 9.17) is 4.74 Å². The third-order valence-electron chi connectivity index (χ3n) is 5.77. The van der Waals surface area contributed by atoms with Crippen LogP contribution >= 0.6 is 24.0 Å². The standard InChI is InChI=1S/C22H36N4O.HI/c1-23-22(24-12-4-7-19-5-2-3-6-19)25-17-20-8-10-21(11-9-20)18-26-13-15-27-16-14-26;/h8-11,19H,2-7,12-18H2,1H3,(H2,23,24,25);1H. The number of rotatable bonds is 8. The number of benzene rings is 1. The summed E-state index contributed by atoms with van der Waals surface area (Å²) in [4.78, 5) is 6.80. The van der Waals surface area contributed by atoms with Crippen LogP contribution in [0.4, 0.5) is 0 Å². The van der Waals surface area contributed by atoms with Crippen LogP contribution in [0.25, 0.3) is 0 Å². The lowest BCUT2D eigenvalue weighted by molar-refractivity contribution is 0.0342. The first kappa shape index (κ1) is 23.4. The Morgan fingerprint density at radius 3 is 2.43 bits per heavy atom. The molecule has 6 heteroatoms. The van der Waals surface area contributed by atoms with E-state index in [0.717, 1.165) is 57.8 Å². The number of aliphatic imine (C=N–C) groups is 1. The van der Waals surface area contributed by atoms with E-state index >= 15 is 0 Å². The highest BCUT2D eigenvalue weighted by Gasteiger charge is 2.14. The molecule has 2 aliphatic rings. The molecule has 0 atom stereocenters. The second-order valence-corrected chi connectivity index (χ2v) is 7.85. The Morgan fingerprint density at radius 1 is 1.07 bits per heavy atom. The highest BCUT2D eigenvalue weighted by Crippen LogP contribution is 2.28. The Kier molecular flexibility index (Phi) is 11.2. The lowest BCUT2D eigenvalue weighted by atomic mass is 10.0. The molecule has 1 saturated carbocycles. The molecule has 1 heterocycles. The fraction of sp³-hybridized carbons (Fsp3) is 0.682. The monoisotopic (exact) mass is 500 g/mol. The quantitative estimate of drug-likeness (QED) is 0.247. The van der Waals surface area contributed by atoms with E-state index in [2.05, 4.69) is 44.8 Å². The SMILES string of the molecule is CN=C(NCCCC1CCCC1)NCc1ccc(CN2CCOCC2)cc1.I. The normalized spacial score (nSPS) is 18.7. The summed E-state index contributed by atoms with van der Waals surface area (Å²) in [5.41, 5.74) is 2.66. The van der Waals surface area contributed by atoms with Crippen molar-refractivity contribution in [2.75, 3.05) is 39.9 Å². The van der Waals surface area contributed by atoms with Gasteiger partial charge in [-0.3, -0.25) is 9.89 Å². The zero-order valence-electron chi connectivity index (χ0n) is 17.3. The van der Waals surface area contributed by atoms with E-state index in [9.17, 15) is 0 Å². The summed E-state index contributed by atoms with van der Waals surface area (Å²) >= 11 is 0. The number of halogens is 1. The maximum atomic E-state index is 5.42. The van der Waals surface area contributed by atoms with Gasteiger partial charge in [-0.15, -0.1) is 24.0 Å². The second kappa shape index (κ2) is 13.4. The molecular weight excluding hydrogens is 463 g/mol. The first-order chi connectivity index (χ1) is 13.3. The van der Waals surface area contributed by atoms with Crippen LogP contribution in [0, 0.1) is 5.92 Å². The number of guanidine groups is 1. The van der Waals surface area contributed by atoms with Gasteiger partial charge in [-0.25, -0.2) is 0 Å². The molecule has 158 valence electrons. The number of ether oxygens (including phenoxy) is 1.